The van der Waals surface area contributed by atoms with Gasteiger partial charge in [0, 0.05) is 19.5 Å². The van der Waals surface area contributed by atoms with Gasteiger partial charge in [-0.3, -0.25) is 9.59 Å². The molecule has 20 heavy (non-hydrogen) atoms. The highest BCUT2D eigenvalue weighted by atomic mass is 16.5. The molecule has 1 saturated carbocycles. The van der Waals surface area contributed by atoms with Crippen LogP contribution in [-0.2, 0) is 14.3 Å². The van der Waals surface area contributed by atoms with Crippen LogP contribution in [0.15, 0.2) is 0 Å². The smallest absolute Gasteiger partial charge is 0.248 e. The molecule has 1 aliphatic heterocycles. The van der Waals surface area contributed by atoms with E-state index in [-0.39, 0.29) is 17.4 Å². The molecule has 2 aliphatic rings. The van der Waals surface area contributed by atoms with Gasteiger partial charge in [0.05, 0.1) is 12.2 Å². The lowest BCUT2D eigenvalue weighted by Gasteiger charge is -2.32. The molecule has 2 fully saturated rings. The predicted molar refractivity (Wildman–Crippen MR) is 76.2 cm³/mol. The molecule has 0 aromatic rings. The van der Waals surface area contributed by atoms with Crippen molar-refractivity contribution in [2.75, 3.05) is 19.7 Å². The standard InChI is InChI=1S/C15H26N2O3/c1-14(2,3)20-10-9-17-8-7-12(18)16-15(4,13(17)19)11-5-6-11/h11H,5-10H2,1-4H3,(H,16,18). The van der Waals surface area contributed by atoms with Crippen LogP contribution in [0, 0.1) is 5.92 Å². The third kappa shape index (κ3) is 3.51. The summed E-state index contributed by atoms with van der Waals surface area (Å²) in [7, 11) is 0. The number of carbonyl (C=O) groups is 2. The molecular formula is C15H26N2O3. The van der Waals surface area contributed by atoms with Crippen molar-refractivity contribution in [3.8, 4) is 0 Å². The zero-order valence-electron chi connectivity index (χ0n) is 13.0. The fourth-order valence-electron chi connectivity index (χ4n) is 2.68. The summed E-state index contributed by atoms with van der Waals surface area (Å²) in [6.45, 7) is 9.40. The van der Waals surface area contributed by atoms with Gasteiger partial charge in [-0.2, -0.15) is 0 Å². The molecule has 114 valence electrons. The molecule has 1 aliphatic carbocycles. The fourth-order valence-corrected chi connectivity index (χ4v) is 2.68. The van der Waals surface area contributed by atoms with Crippen molar-refractivity contribution in [1.82, 2.24) is 10.2 Å². The van der Waals surface area contributed by atoms with E-state index in [1.165, 1.54) is 0 Å². The average molecular weight is 282 g/mol. The maximum Gasteiger partial charge on any atom is 0.248 e. The molecule has 5 nitrogen and oxygen atoms in total. The van der Waals surface area contributed by atoms with Crippen molar-refractivity contribution in [2.24, 2.45) is 5.92 Å². The first-order chi connectivity index (χ1) is 9.22. The first-order valence-corrected chi connectivity index (χ1v) is 7.47. The summed E-state index contributed by atoms with van der Waals surface area (Å²) >= 11 is 0. The molecule has 1 atom stereocenters. The third-order valence-corrected chi connectivity index (χ3v) is 4.03. The number of carbonyl (C=O) groups excluding carboxylic acids is 2. The summed E-state index contributed by atoms with van der Waals surface area (Å²) in [4.78, 5) is 26.3. The Kier molecular flexibility index (Phi) is 4.09. The summed E-state index contributed by atoms with van der Waals surface area (Å²) < 4.78 is 5.69. The largest absolute Gasteiger partial charge is 0.374 e. The Morgan fingerprint density at radius 3 is 2.55 bits per heavy atom. The summed E-state index contributed by atoms with van der Waals surface area (Å²) in [6.07, 6.45) is 2.42. The van der Waals surface area contributed by atoms with Gasteiger partial charge in [0.1, 0.15) is 5.54 Å². The Bertz CT molecular complexity index is 398. The molecule has 0 aromatic carbocycles. The van der Waals surface area contributed by atoms with Crippen LogP contribution in [0.2, 0.25) is 0 Å². The summed E-state index contributed by atoms with van der Waals surface area (Å²) in [5, 5.41) is 2.93. The Balaban J connectivity index is 2.01. The Morgan fingerprint density at radius 2 is 2.00 bits per heavy atom. The molecule has 0 bridgehead atoms. The second-order valence-corrected chi connectivity index (χ2v) is 7.03. The number of amides is 2. The third-order valence-electron chi connectivity index (χ3n) is 4.03. The van der Waals surface area contributed by atoms with E-state index >= 15 is 0 Å². The Morgan fingerprint density at radius 1 is 1.35 bits per heavy atom. The SMILES string of the molecule is CC(C)(C)OCCN1CCC(=O)NC(C)(C2CC2)C1=O. The highest BCUT2D eigenvalue weighted by Gasteiger charge is 2.50. The number of hydrogen-bond donors (Lipinski definition) is 1. The van der Waals surface area contributed by atoms with Gasteiger partial charge in [-0.25, -0.2) is 0 Å². The molecule has 1 saturated heterocycles. The second-order valence-electron chi connectivity index (χ2n) is 7.03. The van der Waals surface area contributed by atoms with Gasteiger partial charge in [-0.1, -0.05) is 0 Å². The number of rotatable bonds is 4. The van der Waals surface area contributed by atoms with Crippen LogP contribution < -0.4 is 5.32 Å². The van der Waals surface area contributed by atoms with Gasteiger partial charge in [0.25, 0.3) is 0 Å². The lowest BCUT2D eigenvalue weighted by atomic mass is 9.94. The van der Waals surface area contributed by atoms with Crippen LogP contribution >= 0.6 is 0 Å². The van der Waals surface area contributed by atoms with Crippen molar-refractivity contribution >= 4 is 11.8 Å². The van der Waals surface area contributed by atoms with Crippen LogP contribution in [0.1, 0.15) is 47.0 Å². The molecule has 1 N–H and O–H groups in total. The Labute approximate surface area is 121 Å². The number of hydrogen-bond acceptors (Lipinski definition) is 3. The van der Waals surface area contributed by atoms with E-state index in [4.69, 9.17) is 4.74 Å². The van der Waals surface area contributed by atoms with Crippen LogP contribution in [-0.4, -0.2) is 47.6 Å². The number of ether oxygens (including phenoxy) is 1. The Hall–Kier alpha value is -1.10. The topological polar surface area (TPSA) is 58.6 Å². The minimum atomic E-state index is -0.713. The maximum absolute atomic E-state index is 12.7. The van der Waals surface area contributed by atoms with E-state index in [1.54, 1.807) is 4.90 Å². The number of nitrogens with one attached hydrogen (secondary N) is 1. The van der Waals surface area contributed by atoms with Crippen LogP contribution in [0.4, 0.5) is 0 Å². The molecular weight excluding hydrogens is 256 g/mol. The fraction of sp³-hybridized carbons (Fsp3) is 0.867. The van der Waals surface area contributed by atoms with Gasteiger partial charge in [0.2, 0.25) is 11.8 Å². The molecule has 0 aromatic heterocycles. The first-order valence-electron chi connectivity index (χ1n) is 7.47. The molecule has 5 heteroatoms. The predicted octanol–water partition coefficient (Wildman–Crippen LogP) is 1.32. The first kappa shape index (κ1) is 15.3. The van der Waals surface area contributed by atoms with E-state index in [0.717, 1.165) is 12.8 Å². The summed E-state index contributed by atoms with van der Waals surface area (Å²) in [5.74, 6) is 0.318. The van der Waals surface area contributed by atoms with Crippen molar-refractivity contribution in [3.63, 3.8) is 0 Å². The minimum absolute atomic E-state index is 0.0213. The molecule has 1 heterocycles. The zero-order valence-corrected chi connectivity index (χ0v) is 13.0. The lowest BCUT2D eigenvalue weighted by Crippen LogP contribution is -2.57. The van der Waals surface area contributed by atoms with Gasteiger partial charge in [-0.15, -0.1) is 0 Å². The van der Waals surface area contributed by atoms with Crippen molar-refractivity contribution in [2.45, 2.75) is 58.1 Å². The van der Waals surface area contributed by atoms with Crippen LogP contribution in [0.5, 0.6) is 0 Å². The average Bonchev–Trinajstić information content (AvgIpc) is 3.14. The van der Waals surface area contributed by atoms with Gasteiger partial charge < -0.3 is 15.0 Å². The van der Waals surface area contributed by atoms with E-state index in [9.17, 15) is 9.59 Å². The maximum atomic E-state index is 12.7. The van der Waals surface area contributed by atoms with Crippen molar-refractivity contribution < 1.29 is 14.3 Å². The highest BCUT2D eigenvalue weighted by Crippen LogP contribution is 2.41. The van der Waals surface area contributed by atoms with Crippen molar-refractivity contribution in [1.29, 1.82) is 0 Å². The van der Waals surface area contributed by atoms with E-state index in [2.05, 4.69) is 5.32 Å². The monoisotopic (exact) mass is 282 g/mol. The summed E-state index contributed by atoms with van der Waals surface area (Å²) in [6, 6.07) is 0. The van der Waals surface area contributed by atoms with Crippen molar-refractivity contribution in [3.05, 3.63) is 0 Å². The molecule has 0 radical (unpaired) electrons. The lowest BCUT2D eigenvalue weighted by molar-refractivity contribution is -0.140. The zero-order chi connectivity index (χ0) is 15.0. The van der Waals surface area contributed by atoms with Crippen LogP contribution in [0.3, 0.4) is 0 Å². The number of nitrogens with zero attached hydrogens (tertiary/aromatic N) is 1. The van der Waals surface area contributed by atoms with E-state index in [1.807, 2.05) is 27.7 Å². The molecule has 0 spiro atoms. The van der Waals surface area contributed by atoms with Gasteiger partial charge >= 0.3 is 0 Å². The normalized spacial score (nSPS) is 28.3. The van der Waals surface area contributed by atoms with Gasteiger partial charge in [-0.05, 0) is 46.5 Å². The van der Waals surface area contributed by atoms with Crippen LogP contribution in [0.25, 0.3) is 0 Å². The molecule has 2 amide bonds. The van der Waals surface area contributed by atoms with Gasteiger partial charge in [0.15, 0.2) is 0 Å². The molecule has 1 unspecified atom stereocenters. The minimum Gasteiger partial charge on any atom is -0.374 e. The highest BCUT2D eigenvalue weighted by molar-refractivity contribution is 5.93. The quantitative estimate of drug-likeness (QED) is 0.846. The second kappa shape index (κ2) is 5.35. The van der Waals surface area contributed by atoms with E-state index in [0.29, 0.717) is 32.0 Å². The van der Waals surface area contributed by atoms with E-state index < -0.39 is 5.54 Å². The molecule has 2 rings (SSSR count). The summed E-state index contributed by atoms with van der Waals surface area (Å²) in [5.41, 5.74) is -0.919.